The molecule has 118 valence electrons. The molecule has 22 heavy (non-hydrogen) atoms. The highest BCUT2D eigenvalue weighted by Crippen LogP contribution is 2.30. The molecule has 0 radical (unpaired) electrons. The highest BCUT2D eigenvalue weighted by molar-refractivity contribution is 5.01. The van der Waals surface area contributed by atoms with Gasteiger partial charge in [-0.15, -0.1) is 5.10 Å². The first kappa shape index (κ1) is 13.8. The molecule has 2 aromatic heterocycles. The van der Waals surface area contributed by atoms with Gasteiger partial charge in [0.25, 0.3) is 0 Å². The lowest BCUT2D eigenvalue weighted by molar-refractivity contribution is -0.0681. The number of hydrogen-bond acceptors (Lipinski definition) is 7. The van der Waals surface area contributed by atoms with E-state index < -0.39 is 0 Å². The van der Waals surface area contributed by atoms with Crippen LogP contribution in [0.25, 0.3) is 0 Å². The molecule has 0 aromatic carbocycles. The van der Waals surface area contributed by atoms with Crippen molar-refractivity contribution in [1.82, 2.24) is 30.0 Å². The molecule has 8 heteroatoms. The Balaban J connectivity index is 1.47. The van der Waals surface area contributed by atoms with Gasteiger partial charge < -0.3 is 9.26 Å². The zero-order valence-electron chi connectivity index (χ0n) is 12.8. The van der Waals surface area contributed by atoms with Crippen LogP contribution in [0.2, 0.25) is 0 Å². The molecule has 2 aliphatic heterocycles. The molecule has 0 N–H and O–H groups in total. The first-order valence-corrected chi connectivity index (χ1v) is 7.76. The third kappa shape index (κ3) is 2.42. The summed E-state index contributed by atoms with van der Waals surface area (Å²) < 4.78 is 13.3. The highest BCUT2D eigenvalue weighted by Gasteiger charge is 2.36. The van der Waals surface area contributed by atoms with Crippen LogP contribution in [0, 0.1) is 0 Å². The summed E-state index contributed by atoms with van der Waals surface area (Å²) in [6.07, 6.45) is 2.98. The van der Waals surface area contributed by atoms with E-state index in [0.717, 1.165) is 31.0 Å². The Morgan fingerprint density at radius 3 is 3.14 bits per heavy atom. The molecule has 0 aliphatic carbocycles. The van der Waals surface area contributed by atoms with Gasteiger partial charge in [0.15, 0.2) is 5.82 Å². The summed E-state index contributed by atoms with van der Waals surface area (Å²) in [5, 5.41) is 12.2. The van der Waals surface area contributed by atoms with Crippen LogP contribution in [-0.4, -0.2) is 49.2 Å². The molecule has 1 fully saturated rings. The first-order chi connectivity index (χ1) is 10.7. The summed E-state index contributed by atoms with van der Waals surface area (Å²) >= 11 is 0. The number of nitrogens with zero attached hydrogens (tertiary/aromatic N) is 6. The van der Waals surface area contributed by atoms with Crippen molar-refractivity contribution in [3.05, 3.63) is 23.6 Å². The fourth-order valence-electron chi connectivity index (χ4n) is 3.15. The summed E-state index contributed by atoms with van der Waals surface area (Å²) in [6.45, 7) is 7.23. The van der Waals surface area contributed by atoms with Gasteiger partial charge in [-0.05, 0) is 6.42 Å². The van der Waals surface area contributed by atoms with Crippen molar-refractivity contribution in [2.75, 3.05) is 13.1 Å². The number of rotatable bonds is 3. The monoisotopic (exact) mass is 304 g/mol. The zero-order valence-corrected chi connectivity index (χ0v) is 12.8. The van der Waals surface area contributed by atoms with Crippen molar-refractivity contribution >= 4 is 0 Å². The molecular formula is C14H20N6O2. The van der Waals surface area contributed by atoms with Crippen LogP contribution in [0.15, 0.2) is 10.7 Å². The summed E-state index contributed by atoms with van der Waals surface area (Å²) in [4.78, 5) is 6.78. The second-order valence-electron chi connectivity index (χ2n) is 6.31. The molecule has 2 aliphatic rings. The minimum atomic E-state index is 0.215. The first-order valence-electron chi connectivity index (χ1n) is 7.76. The van der Waals surface area contributed by atoms with Gasteiger partial charge in [0.1, 0.15) is 0 Å². The molecule has 0 spiro atoms. The fraction of sp³-hybridized carbons (Fsp3) is 0.714. The topological polar surface area (TPSA) is 82.1 Å². The van der Waals surface area contributed by atoms with E-state index >= 15 is 0 Å². The zero-order chi connectivity index (χ0) is 15.1. The number of ether oxygens (including phenoxy) is 1. The summed E-state index contributed by atoms with van der Waals surface area (Å²) in [5.41, 5.74) is 1.04. The van der Waals surface area contributed by atoms with Crippen molar-refractivity contribution in [2.24, 2.45) is 0 Å². The van der Waals surface area contributed by atoms with E-state index in [1.165, 1.54) is 0 Å². The molecule has 8 nitrogen and oxygen atoms in total. The van der Waals surface area contributed by atoms with Crippen LogP contribution >= 0.6 is 0 Å². The molecule has 4 heterocycles. The largest absolute Gasteiger partial charge is 0.370 e. The predicted molar refractivity (Wildman–Crippen MR) is 75.9 cm³/mol. The Morgan fingerprint density at radius 1 is 1.41 bits per heavy atom. The van der Waals surface area contributed by atoms with Crippen molar-refractivity contribution in [3.63, 3.8) is 0 Å². The number of fused-ring (bicyclic) bond motifs is 3. The van der Waals surface area contributed by atoms with Crippen molar-refractivity contribution in [3.8, 4) is 0 Å². The highest BCUT2D eigenvalue weighted by atomic mass is 16.5. The average Bonchev–Trinajstić information content (AvgIpc) is 3.15. The van der Waals surface area contributed by atoms with E-state index in [-0.39, 0.29) is 18.1 Å². The van der Waals surface area contributed by atoms with Crippen molar-refractivity contribution < 1.29 is 9.26 Å². The SMILES string of the molecule is CC(C)c1noc(CN2CC[C@H]3OCc4cnnn4[C@@H]3C2)n1. The van der Waals surface area contributed by atoms with E-state index in [0.29, 0.717) is 19.0 Å². The van der Waals surface area contributed by atoms with Crippen LogP contribution in [0.5, 0.6) is 0 Å². The molecule has 4 rings (SSSR count). The second kappa shape index (κ2) is 5.44. The number of likely N-dealkylation sites (tertiary alicyclic amines) is 1. The van der Waals surface area contributed by atoms with Crippen LogP contribution in [0.1, 0.15) is 49.6 Å². The maximum Gasteiger partial charge on any atom is 0.240 e. The third-order valence-corrected chi connectivity index (χ3v) is 4.37. The van der Waals surface area contributed by atoms with Crippen LogP contribution in [0.3, 0.4) is 0 Å². The quantitative estimate of drug-likeness (QED) is 0.840. The minimum Gasteiger partial charge on any atom is -0.370 e. The fourth-order valence-corrected chi connectivity index (χ4v) is 3.15. The molecule has 0 saturated carbocycles. The van der Waals surface area contributed by atoms with Gasteiger partial charge in [-0.25, -0.2) is 4.68 Å². The Bertz CT molecular complexity index is 651. The van der Waals surface area contributed by atoms with Gasteiger partial charge in [-0.1, -0.05) is 24.2 Å². The average molecular weight is 304 g/mol. The van der Waals surface area contributed by atoms with Crippen LogP contribution in [0.4, 0.5) is 0 Å². The molecule has 0 unspecified atom stereocenters. The second-order valence-corrected chi connectivity index (χ2v) is 6.31. The van der Waals surface area contributed by atoms with Gasteiger partial charge in [0.05, 0.1) is 37.2 Å². The van der Waals surface area contributed by atoms with Gasteiger partial charge in [0.2, 0.25) is 5.89 Å². The third-order valence-electron chi connectivity index (χ3n) is 4.37. The molecule has 2 aromatic rings. The maximum atomic E-state index is 5.92. The summed E-state index contributed by atoms with van der Waals surface area (Å²) in [7, 11) is 0. The Morgan fingerprint density at radius 2 is 2.32 bits per heavy atom. The molecule has 0 bridgehead atoms. The standard InChI is InChI=1S/C14H20N6O2/c1-9(2)14-16-13(22-17-14)7-19-4-3-12-11(6-19)20-10(8-21-12)5-15-18-20/h5,9,11-12H,3-4,6-8H2,1-2H3/t11-,12-/m1/s1. The van der Waals surface area contributed by atoms with Gasteiger partial charge in [-0.3, -0.25) is 4.90 Å². The lowest BCUT2D eigenvalue weighted by Crippen LogP contribution is -2.47. The maximum absolute atomic E-state index is 5.92. The van der Waals surface area contributed by atoms with Crippen molar-refractivity contribution in [2.45, 2.75) is 51.5 Å². The van der Waals surface area contributed by atoms with E-state index in [1.807, 2.05) is 4.68 Å². The number of piperidine rings is 1. The van der Waals surface area contributed by atoms with Gasteiger partial charge in [-0.2, -0.15) is 4.98 Å². The molecule has 2 atom stereocenters. The Hall–Kier alpha value is -1.80. The summed E-state index contributed by atoms with van der Waals surface area (Å²) in [5.74, 6) is 1.73. The minimum absolute atomic E-state index is 0.215. The Labute approximate surface area is 128 Å². The van der Waals surface area contributed by atoms with Gasteiger partial charge in [0, 0.05) is 19.0 Å². The lowest BCUT2D eigenvalue weighted by Gasteiger charge is -2.40. The molecular weight excluding hydrogens is 284 g/mol. The smallest absolute Gasteiger partial charge is 0.240 e. The number of hydrogen-bond donors (Lipinski definition) is 0. The van der Waals surface area contributed by atoms with E-state index in [9.17, 15) is 0 Å². The molecule has 0 amide bonds. The van der Waals surface area contributed by atoms with Crippen molar-refractivity contribution in [1.29, 1.82) is 0 Å². The molecule has 1 saturated heterocycles. The van der Waals surface area contributed by atoms with Crippen LogP contribution < -0.4 is 0 Å². The van der Waals surface area contributed by atoms with E-state index in [2.05, 4.69) is 39.2 Å². The van der Waals surface area contributed by atoms with Gasteiger partial charge >= 0.3 is 0 Å². The lowest BCUT2D eigenvalue weighted by atomic mass is 10.0. The predicted octanol–water partition coefficient (Wildman–Crippen LogP) is 1.13. The van der Waals surface area contributed by atoms with Crippen LogP contribution in [-0.2, 0) is 17.9 Å². The Kier molecular flexibility index (Phi) is 3.42. The summed E-state index contributed by atoms with van der Waals surface area (Å²) in [6, 6.07) is 0.215. The van der Waals surface area contributed by atoms with E-state index in [1.54, 1.807) is 6.20 Å². The van der Waals surface area contributed by atoms with E-state index in [4.69, 9.17) is 9.26 Å². The normalized spacial score (nSPS) is 25.2. The number of aromatic nitrogens is 5.